The summed E-state index contributed by atoms with van der Waals surface area (Å²) in [6, 6.07) is 7.35. The number of benzene rings is 1. The first kappa shape index (κ1) is 13.8. The molecule has 0 aromatic heterocycles. The minimum absolute atomic E-state index is 0.0196. The van der Waals surface area contributed by atoms with Crippen molar-refractivity contribution in [3.8, 4) is 5.75 Å². The monoisotopic (exact) mass is 263 g/mol. The second kappa shape index (κ2) is 6.04. The van der Waals surface area contributed by atoms with Crippen LogP contribution >= 0.6 is 0 Å². The summed E-state index contributed by atoms with van der Waals surface area (Å²) in [5.41, 5.74) is 0.770. The maximum Gasteiger partial charge on any atom is 0.238 e. The van der Waals surface area contributed by atoms with E-state index in [9.17, 15) is 4.79 Å². The number of carbonyl (C=O) groups is 1. The Hall–Kier alpha value is -1.59. The zero-order valence-electron chi connectivity index (χ0n) is 11.5. The molecule has 0 aliphatic carbocycles. The van der Waals surface area contributed by atoms with Gasteiger partial charge in [-0.1, -0.05) is 6.07 Å². The van der Waals surface area contributed by atoms with E-state index >= 15 is 0 Å². The lowest BCUT2D eigenvalue weighted by Crippen LogP contribution is -2.47. The molecule has 1 heterocycles. The Bertz CT molecular complexity index is 442. The van der Waals surface area contributed by atoms with Crippen LogP contribution in [0.5, 0.6) is 5.75 Å². The SMILES string of the molecule is COc1cccc(NC(=O)CNC2(C)CCNC2)c1. The summed E-state index contributed by atoms with van der Waals surface area (Å²) in [5, 5.41) is 9.45. The quantitative estimate of drug-likeness (QED) is 0.741. The van der Waals surface area contributed by atoms with Crippen LogP contribution in [0.1, 0.15) is 13.3 Å². The minimum atomic E-state index is -0.0404. The van der Waals surface area contributed by atoms with Crippen LogP contribution in [0.25, 0.3) is 0 Å². The Morgan fingerprint density at radius 2 is 2.37 bits per heavy atom. The molecule has 0 saturated carbocycles. The maximum absolute atomic E-state index is 11.9. The van der Waals surface area contributed by atoms with Gasteiger partial charge in [0.2, 0.25) is 5.91 Å². The molecule has 2 rings (SSSR count). The summed E-state index contributed by atoms with van der Waals surface area (Å²) < 4.78 is 5.12. The number of rotatable bonds is 5. The molecule has 104 valence electrons. The molecule has 1 aliphatic rings. The van der Waals surface area contributed by atoms with Crippen molar-refractivity contribution >= 4 is 11.6 Å². The number of ether oxygens (including phenoxy) is 1. The Balaban J connectivity index is 1.83. The third-order valence-corrected chi connectivity index (χ3v) is 3.40. The lowest BCUT2D eigenvalue weighted by atomic mass is 10.0. The molecule has 19 heavy (non-hydrogen) atoms. The average molecular weight is 263 g/mol. The maximum atomic E-state index is 11.9. The minimum Gasteiger partial charge on any atom is -0.497 e. The molecule has 5 nitrogen and oxygen atoms in total. The van der Waals surface area contributed by atoms with Crippen molar-refractivity contribution in [2.75, 3.05) is 32.1 Å². The average Bonchev–Trinajstić information content (AvgIpc) is 2.84. The molecule has 1 amide bonds. The number of nitrogens with one attached hydrogen (secondary N) is 3. The molecule has 0 radical (unpaired) electrons. The van der Waals surface area contributed by atoms with Crippen molar-refractivity contribution in [2.45, 2.75) is 18.9 Å². The molecule has 1 aromatic carbocycles. The van der Waals surface area contributed by atoms with Crippen molar-refractivity contribution < 1.29 is 9.53 Å². The van der Waals surface area contributed by atoms with Gasteiger partial charge in [0.05, 0.1) is 13.7 Å². The lowest BCUT2D eigenvalue weighted by molar-refractivity contribution is -0.115. The predicted molar refractivity (Wildman–Crippen MR) is 75.5 cm³/mol. The fourth-order valence-corrected chi connectivity index (χ4v) is 2.17. The van der Waals surface area contributed by atoms with Crippen LogP contribution in [-0.4, -0.2) is 38.2 Å². The summed E-state index contributed by atoms with van der Waals surface area (Å²) >= 11 is 0. The second-order valence-corrected chi connectivity index (χ2v) is 5.12. The van der Waals surface area contributed by atoms with E-state index in [0.717, 1.165) is 30.9 Å². The van der Waals surface area contributed by atoms with E-state index in [-0.39, 0.29) is 11.4 Å². The Morgan fingerprint density at radius 1 is 1.53 bits per heavy atom. The normalized spacial score (nSPS) is 22.2. The number of methoxy groups -OCH3 is 1. The number of hydrogen-bond acceptors (Lipinski definition) is 4. The zero-order chi connectivity index (χ0) is 13.7. The second-order valence-electron chi connectivity index (χ2n) is 5.12. The summed E-state index contributed by atoms with van der Waals surface area (Å²) in [4.78, 5) is 11.9. The molecular formula is C14H21N3O2. The number of carbonyl (C=O) groups excluding carboxylic acids is 1. The number of hydrogen-bond donors (Lipinski definition) is 3. The highest BCUT2D eigenvalue weighted by Gasteiger charge is 2.28. The van der Waals surface area contributed by atoms with Gasteiger partial charge in [-0.2, -0.15) is 0 Å². The molecule has 1 unspecified atom stereocenters. The Labute approximate surface area is 113 Å². The number of anilines is 1. The van der Waals surface area contributed by atoms with Gasteiger partial charge in [-0.25, -0.2) is 0 Å². The van der Waals surface area contributed by atoms with E-state index in [0.29, 0.717) is 6.54 Å². The van der Waals surface area contributed by atoms with Crippen molar-refractivity contribution in [1.82, 2.24) is 10.6 Å². The summed E-state index contributed by atoms with van der Waals surface area (Å²) in [7, 11) is 1.61. The fraction of sp³-hybridized carbons (Fsp3) is 0.500. The van der Waals surface area contributed by atoms with Gasteiger partial charge in [0, 0.05) is 23.8 Å². The van der Waals surface area contributed by atoms with Gasteiger partial charge >= 0.3 is 0 Å². The number of amides is 1. The lowest BCUT2D eigenvalue weighted by Gasteiger charge is -2.24. The van der Waals surface area contributed by atoms with Crippen LogP contribution in [0.3, 0.4) is 0 Å². The molecule has 1 aliphatic heterocycles. The third kappa shape index (κ3) is 3.94. The van der Waals surface area contributed by atoms with Gasteiger partial charge in [-0.05, 0) is 32.0 Å². The van der Waals surface area contributed by atoms with Gasteiger partial charge in [-0.15, -0.1) is 0 Å². The standard InChI is InChI=1S/C14H21N3O2/c1-14(6-7-15-10-14)16-9-13(18)17-11-4-3-5-12(8-11)19-2/h3-5,8,15-16H,6-7,9-10H2,1-2H3,(H,17,18). The molecule has 1 fully saturated rings. The molecule has 1 atom stereocenters. The van der Waals surface area contributed by atoms with Crippen LogP contribution < -0.4 is 20.7 Å². The van der Waals surface area contributed by atoms with E-state index in [4.69, 9.17) is 4.74 Å². The van der Waals surface area contributed by atoms with Crippen molar-refractivity contribution in [1.29, 1.82) is 0 Å². The van der Waals surface area contributed by atoms with Crippen molar-refractivity contribution in [3.63, 3.8) is 0 Å². The smallest absolute Gasteiger partial charge is 0.238 e. The first-order valence-electron chi connectivity index (χ1n) is 6.51. The van der Waals surface area contributed by atoms with E-state index in [1.54, 1.807) is 13.2 Å². The van der Waals surface area contributed by atoms with Crippen molar-refractivity contribution in [2.24, 2.45) is 0 Å². The highest BCUT2D eigenvalue weighted by Crippen LogP contribution is 2.17. The molecule has 0 bridgehead atoms. The molecule has 3 N–H and O–H groups in total. The van der Waals surface area contributed by atoms with Gasteiger partial charge in [0.1, 0.15) is 5.75 Å². The van der Waals surface area contributed by atoms with Crippen LogP contribution in [0.4, 0.5) is 5.69 Å². The fourth-order valence-electron chi connectivity index (χ4n) is 2.17. The van der Waals surface area contributed by atoms with E-state index in [1.807, 2.05) is 18.2 Å². The van der Waals surface area contributed by atoms with Crippen LogP contribution in [0.2, 0.25) is 0 Å². The topological polar surface area (TPSA) is 62.4 Å². The first-order chi connectivity index (χ1) is 9.11. The molecular weight excluding hydrogens is 242 g/mol. The predicted octanol–water partition coefficient (Wildman–Crippen LogP) is 0.975. The summed E-state index contributed by atoms with van der Waals surface area (Å²) in [5.74, 6) is 0.694. The van der Waals surface area contributed by atoms with Gasteiger partial charge in [-0.3, -0.25) is 4.79 Å². The summed E-state index contributed by atoms with van der Waals surface area (Å²) in [6.45, 7) is 4.35. The highest BCUT2D eigenvalue weighted by atomic mass is 16.5. The van der Waals surface area contributed by atoms with Crippen LogP contribution in [-0.2, 0) is 4.79 Å². The van der Waals surface area contributed by atoms with E-state index in [2.05, 4.69) is 22.9 Å². The Morgan fingerprint density at radius 3 is 3.05 bits per heavy atom. The largest absolute Gasteiger partial charge is 0.497 e. The molecule has 5 heteroatoms. The van der Waals surface area contributed by atoms with Crippen LogP contribution in [0, 0.1) is 0 Å². The van der Waals surface area contributed by atoms with Gasteiger partial charge < -0.3 is 20.7 Å². The van der Waals surface area contributed by atoms with Crippen molar-refractivity contribution in [3.05, 3.63) is 24.3 Å². The Kier molecular flexibility index (Phi) is 4.39. The molecule has 0 spiro atoms. The van der Waals surface area contributed by atoms with E-state index < -0.39 is 0 Å². The molecule has 1 saturated heterocycles. The van der Waals surface area contributed by atoms with E-state index in [1.165, 1.54) is 0 Å². The summed E-state index contributed by atoms with van der Waals surface area (Å²) in [6.07, 6.45) is 1.04. The molecule has 1 aromatic rings. The van der Waals surface area contributed by atoms with Gasteiger partial charge in [0.25, 0.3) is 0 Å². The highest BCUT2D eigenvalue weighted by molar-refractivity contribution is 5.92. The zero-order valence-corrected chi connectivity index (χ0v) is 11.5. The third-order valence-electron chi connectivity index (χ3n) is 3.40. The van der Waals surface area contributed by atoms with Gasteiger partial charge in [0.15, 0.2) is 0 Å². The first-order valence-corrected chi connectivity index (χ1v) is 6.51. The van der Waals surface area contributed by atoms with Crippen LogP contribution in [0.15, 0.2) is 24.3 Å².